The van der Waals surface area contributed by atoms with Gasteiger partial charge in [0.25, 0.3) is 0 Å². The number of sulfone groups is 1. The second kappa shape index (κ2) is 11.3. The number of methoxy groups -OCH3 is 2. The van der Waals surface area contributed by atoms with Gasteiger partial charge in [0.15, 0.2) is 27.2 Å². The number of aromatic nitrogens is 5. The van der Waals surface area contributed by atoms with Gasteiger partial charge < -0.3 is 18.6 Å². The first-order valence-corrected chi connectivity index (χ1v) is 13.8. The summed E-state index contributed by atoms with van der Waals surface area (Å²) in [5.41, 5.74) is 1.31. The van der Waals surface area contributed by atoms with E-state index in [4.69, 9.17) is 18.6 Å². The predicted octanol–water partition coefficient (Wildman–Crippen LogP) is 4.03. The lowest BCUT2D eigenvalue weighted by Gasteiger charge is -2.23. The third kappa shape index (κ3) is 5.41. The van der Waals surface area contributed by atoms with Crippen molar-refractivity contribution in [2.24, 2.45) is 0 Å². The molecule has 0 amide bonds. The molecule has 0 radical (unpaired) electrons. The molecule has 0 aliphatic carbocycles. The van der Waals surface area contributed by atoms with Crippen LogP contribution in [0.25, 0.3) is 17.3 Å². The van der Waals surface area contributed by atoms with Gasteiger partial charge in [-0.25, -0.2) is 18.4 Å². The van der Waals surface area contributed by atoms with Gasteiger partial charge in [-0.3, -0.25) is 4.57 Å². The van der Waals surface area contributed by atoms with Gasteiger partial charge in [0, 0.05) is 19.0 Å². The minimum atomic E-state index is -3.87. The van der Waals surface area contributed by atoms with Crippen LogP contribution in [0.15, 0.2) is 47.1 Å². The van der Waals surface area contributed by atoms with Gasteiger partial charge in [-0.1, -0.05) is 6.07 Å². The van der Waals surface area contributed by atoms with Crippen LogP contribution in [0.3, 0.4) is 0 Å². The average Bonchev–Trinajstić information content (AvgIpc) is 3.52. The molecule has 4 aromatic rings. The zero-order chi connectivity index (χ0) is 27.4. The summed E-state index contributed by atoms with van der Waals surface area (Å²) in [5, 5.41) is 7.60. The number of para-hydroxylation sites is 1. The van der Waals surface area contributed by atoms with Crippen LogP contribution in [0.5, 0.6) is 11.5 Å². The van der Waals surface area contributed by atoms with E-state index in [2.05, 4.69) is 20.2 Å². The number of ether oxygens (including phenoxy) is 3. The van der Waals surface area contributed by atoms with Gasteiger partial charge in [0.1, 0.15) is 34.8 Å². The highest BCUT2D eigenvalue weighted by molar-refractivity contribution is 7.91. The van der Waals surface area contributed by atoms with Gasteiger partial charge in [-0.05, 0) is 57.5 Å². The second-order valence-electron chi connectivity index (χ2n) is 8.70. The molecule has 0 bridgehead atoms. The van der Waals surface area contributed by atoms with E-state index in [9.17, 15) is 8.42 Å². The van der Waals surface area contributed by atoms with Gasteiger partial charge in [0.05, 0.1) is 19.5 Å². The van der Waals surface area contributed by atoms with Crippen LogP contribution in [0, 0.1) is 13.8 Å². The number of hydrogen-bond acceptors (Lipinski definition) is 10. The van der Waals surface area contributed by atoms with Gasteiger partial charge in [-0.15, -0.1) is 10.2 Å². The summed E-state index contributed by atoms with van der Waals surface area (Å²) in [6.45, 7) is 7.33. The van der Waals surface area contributed by atoms with Crippen molar-refractivity contribution in [2.75, 3.05) is 20.8 Å². The fourth-order valence-electron chi connectivity index (χ4n) is 4.06. The molecule has 0 aliphatic heterocycles. The van der Waals surface area contributed by atoms with Crippen LogP contribution in [0.4, 0.5) is 0 Å². The normalized spacial score (nSPS) is 13.3. The Morgan fingerprint density at radius 1 is 1.00 bits per heavy atom. The Hall–Kier alpha value is -3.77. The first kappa shape index (κ1) is 27.3. The zero-order valence-corrected chi connectivity index (χ0v) is 23.0. The first-order valence-electron chi connectivity index (χ1n) is 12.0. The molecular formula is C26H31N5O6S. The Balaban J connectivity index is 1.82. The maximum Gasteiger partial charge on any atom is 0.204 e. The monoisotopic (exact) mass is 541 g/mol. The fraction of sp³-hybridized carbons (Fsp3) is 0.385. The van der Waals surface area contributed by atoms with E-state index in [-0.39, 0.29) is 5.82 Å². The van der Waals surface area contributed by atoms with Crippen LogP contribution in [-0.4, -0.2) is 59.2 Å². The standard InChI is InChI=1S/C26H31N5O6S/c1-7-36-24(25-27-13-16(2)14-28-25)18(4)38(32,33)15-22-29-30-26(21-12-11-17(3)37-21)31(22)23-19(34-5)9-8-10-20(23)35-6/h8-14,18,24H,7,15H2,1-6H3/t18-,24+/m0/s1. The van der Waals surface area contributed by atoms with E-state index < -0.39 is 26.9 Å². The molecule has 0 saturated carbocycles. The molecule has 11 nitrogen and oxygen atoms in total. The van der Waals surface area contributed by atoms with Crippen LogP contribution in [0.1, 0.15) is 42.9 Å². The summed E-state index contributed by atoms with van der Waals surface area (Å²) in [4.78, 5) is 8.63. The van der Waals surface area contributed by atoms with Crippen molar-refractivity contribution in [1.82, 2.24) is 24.7 Å². The molecule has 0 saturated heterocycles. The van der Waals surface area contributed by atoms with Crippen LogP contribution in [-0.2, 0) is 20.3 Å². The minimum absolute atomic E-state index is 0.156. The van der Waals surface area contributed by atoms with E-state index >= 15 is 0 Å². The molecule has 0 fully saturated rings. The molecular weight excluding hydrogens is 510 g/mol. The summed E-state index contributed by atoms with van der Waals surface area (Å²) in [6, 6.07) is 8.81. The number of furan rings is 1. The van der Waals surface area contributed by atoms with E-state index in [0.717, 1.165) is 5.56 Å². The van der Waals surface area contributed by atoms with Crippen molar-refractivity contribution in [3.05, 3.63) is 65.7 Å². The Labute approximate surface area is 221 Å². The average molecular weight is 542 g/mol. The number of benzene rings is 1. The molecule has 38 heavy (non-hydrogen) atoms. The summed E-state index contributed by atoms with van der Waals surface area (Å²) >= 11 is 0. The fourth-order valence-corrected chi connectivity index (χ4v) is 5.45. The van der Waals surface area contributed by atoms with Gasteiger partial charge in [0.2, 0.25) is 5.82 Å². The molecule has 12 heteroatoms. The SMILES string of the molecule is CCO[C@@H](c1ncc(C)cn1)[C@H](C)S(=O)(=O)Cc1nnc(-c2ccc(C)o2)n1-c1c(OC)cccc1OC. The Morgan fingerprint density at radius 2 is 1.66 bits per heavy atom. The number of rotatable bonds is 11. The predicted molar refractivity (Wildman–Crippen MR) is 140 cm³/mol. The summed E-state index contributed by atoms with van der Waals surface area (Å²) in [6.07, 6.45) is 2.40. The lowest BCUT2D eigenvalue weighted by Crippen LogP contribution is -2.30. The van der Waals surface area contributed by atoms with Crippen molar-refractivity contribution < 1.29 is 27.0 Å². The third-order valence-electron chi connectivity index (χ3n) is 6.04. The minimum Gasteiger partial charge on any atom is -0.494 e. The lowest BCUT2D eigenvalue weighted by molar-refractivity contribution is 0.0556. The highest BCUT2D eigenvalue weighted by Gasteiger charge is 2.36. The molecule has 0 N–H and O–H groups in total. The van der Waals surface area contributed by atoms with E-state index in [1.165, 1.54) is 14.2 Å². The van der Waals surface area contributed by atoms with E-state index in [0.29, 0.717) is 47.0 Å². The number of aryl methyl sites for hydroxylation is 2. The summed E-state index contributed by atoms with van der Waals surface area (Å²) < 4.78 is 52.0. The van der Waals surface area contributed by atoms with E-state index in [1.807, 2.05) is 13.8 Å². The van der Waals surface area contributed by atoms with Crippen molar-refractivity contribution >= 4 is 9.84 Å². The van der Waals surface area contributed by atoms with Crippen molar-refractivity contribution in [3.8, 4) is 28.8 Å². The smallest absolute Gasteiger partial charge is 0.204 e. The van der Waals surface area contributed by atoms with Crippen molar-refractivity contribution in [3.63, 3.8) is 0 Å². The van der Waals surface area contributed by atoms with E-state index in [1.54, 1.807) is 61.1 Å². The molecule has 0 aliphatic rings. The van der Waals surface area contributed by atoms with Gasteiger partial charge >= 0.3 is 0 Å². The Kier molecular flexibility index (Phi) is 8.12. The third-order valence-corrected chi connectivity index (χ3v) is 8.08. The van der Waals surface area contributed by atoms with Crippen LogP contribution < -0.4 is 9.47 Å². The van der Waals surface area contributed by atoms with Crippen molar-refractivity contribution in [1.29, 1.82) is 0 Å². The second-order valence-corrected chi connectivity index (χ2v) is 11.1. The molecule has 1 aromatic carbocycles. The van der Waals surface area contributed by atoms with Gasteiger partial charge in [-0.2, -0.15) is 0 Å². The maximum atomic E-state index is 13.8. The number of nitrogens with zero attached hydrogens (tertiary/aromatic N) is 5. The summed E-state index contributed by atoms with van der Waals surface area (Å²) in [5.74, 6) is 2.29. The topological polar surface area (TPSA) is 131 Å². The maximum absolute atomic E-state index is 13.8. The highest BCUT2D eigenvalue weighted by atomic mass is 32.2. The molecule has 2 atom stereocenters. The molecule has 0 spiro atoms. The molecule has 3 aromatic heterocycles. The number of hydrogen-bond donors (Lipinski definition) is 0. The van der Waals surface area contributed by atoms with Crippen LogP contribution in [0.2, 0.25) is 0 Å². The molecule has 4 rings (SSSR count). The quantitative estimate of drug-likeness (QED) is 0.274. The lowest BCUT2D eigenvalue weighted by atomic mass is 10.2. The van der Waals surface area contributed by atoms with Crippen molar-refractivity contribution in [2.45, 2.75) is 44.8 Å². The Bertz CT molecular complexity index is 1470. The highest BCUT2D eigenvalue weighted by Crippen LogP contribution is 2.37. The van der Waals surface area contributed by atoms with Crippen LogP contribution >= 0.6 is 0 Å². The molecule has 3 heterocycles. The Morgan fingerprint density at radius 3 is 2.21 bits per heavy atom. The molecule has 202 valence electrons. The zero-order valence-electron chi connectivity index (χ0n) is 22.2. The summed E-state index contributed by atoms with van der Waals surface area (Å²) in [7, 11) is -0.827. The largest absolute Gasteiger partial charge is 0.494 e. The first-order chi connectivity index (χ1) is 18.2. The molecule has 0 unspecified atom stereocenters.